The first kappa shape index (κ1) is 29.5. The number of carboxylic acids is 1. The van der Waals surface area contributed by atoms with Gasteiger partial charge < -0.3 is 26.4 Å². The third-order valence-electron chi connectivity index (χ3n) is 4.41. The van der Waals surface area contributed by atoms with Gasteiger partial charge in [0.1, 0.15) is 6.04 Å². The summed E-state index contributed by atoms with van der Waals surface area (Å²) in [4.78, 5) is 31.1. The van der Waals surface area contributed by atoms with Gasteiger partial charge in [0, 0.05) is 17.1 Å². The number of anilines is 3. The van der Waals surface area contributed by atoms with Gasteiger partial charge in [-0.05, 0) is 62.2 Å². The summed E-state index contributed by atoms with van der Waals surface area (Å²) in [5.74, 6) is -0.819. The first-order valence-electron chi connectivity index (χ1n) is 11.2. The number of carboxylic acid groups (broad SMARTS) is 3. The number of nitrogens with one attached hydrogen (secondary N) is 3. The number of hydrogen-bond acceptors (Lipinski definition) is 5. The molecule has 0 saturated heterocycles. The molecule has 0 aliphatic heterocycles. The Morgan fingerprint density at radius 3 is 1.36 bits per heavy atom. The molecule has 192 valence electrons. The third kappa shape index (κ3) is 14.6. The van der Waals surface area contributed by atoms with Crippen LogP contribution in [0.3, 0.4) is 0 Å². The Hall–Kier alpha value is -4.57. The maximum Gasteiger partial charge on any atom is 0.409 e. The van der Waals surface area contributed by atoms with Gasteiger partial charge in [0.05, 0.1) is 0 Å². The molecule has 2 amide bonds. The van der Waals surface area contributed by atoms with Crippen LogP contribution in [0.2, 0.25) is 0 Å². The van der Waals surface area contributed by atoms with Crippen LogP contribution in [-0.4, -0.2) is 46.1 Å². The minimum Gasteiger partial charge on any atom is -0.480 e. The standard InChI is InChI=1S/C12H18N2O2.2C7H7NO2/c13-9-5-4-8-11(12(15)16)14-10-6-2-1-3-7-10;2*9-7(10)8-6-4-2-1-3-5-6/h1-3,6-7,11,14H,4-5,8-9,13H2,(H,15,16);2*1-5,8H,(H,9,10). The summed E-state index contributed by atoms with van der Waals surface area (Å²) in [6.07, 6.45) is 0.215. The van der Waals surface area contributed by atoms with E-state index in [1.165, 1.54) is 0 Å². The Kier molecular flexibility index (Phi) is 14.6. The Labute approximate surface area is 209 Å². The van der Waals surface area contributed by atoms with E-state index in [0.717, 1.165) is 18.5 Å². The zero-order valence-corrected chi connectivity index (χ0v) is 19.7. The van der Waals surface area contributed by atoms with Crippen molar-refractivity contribution in [1.29, 1.82) is 0 Å². The Bertz CT molecular complexity index is 969. The normalized spacial score (nSPS) is 10.2. The molecule has 10 heteroatoms. The molecule has 1 atom stereocenters. The summed E-state index contributed by atoms with van der Waals surface area (Å²) >= 11 is 0. The van der Waals surface area contributed by atoms with Crippen LogP contribution in [0.15, 0.2) is 91.0 Å². The molecular weight excluding hydrogens is 464 g/mol. The molecule has 10 nitrogen and oxygen atoms in total. The first-order valence-corrected chi connectivity index (χ1v) is 11.2. The summed E-state index contributed by atoms with van der Waals surface area (Å²) in [5.41, 5.74) is 7.40. The van der Waals surface area contributed by atoms with Gasteiger partial charge in [-0.3, -0.25) is 10.6 Å². The van der Waals surface area contributed by atoms with Crippen molar-refractivity contribution < 1.29 is 29.7 Å². The van der Waals surface area contributed by atoms with Crippen LogP contribution < -0.4 is 21.7 Å². The number of benzene rings is 3. The van der Waals surface area contributed by atoms with Gasteiger partial charge in [-0.1, -0.05) is 54.6 Å². The number of unbranched alkanes of at least 4 members (excludes halogenated alkanes) is 1. The SMILES string of the molecule is NCCCCC(Nc1ccccc1)C(=O)O.O=C(O)Nc1ccccc1.O=C(O)Nc1ccccc1. The van der Waals surface area contributed by atoms with Crippen LogP contribution in [0, 0.1) is 0 Å². The van der Waals surface area contributed by atoms with E-state index < -0.39 is 24.2 Å². The number of hydrogen-bond donors (Lipinski definition) is 7. The van der Waals surface area contributed by atoms with Crippen molar-refractivity contribution in [3.05, 3.63) is 91.0 Å². The van der Waals surface area contributed by atoms with Gasteiger partial charge in [-0.15, -0.1) is 0 Å². The van der Waals surface area contributed by atoms with Gasteiger partial charge in [-0.2, -0.15) is 0 Å². The molecule has 3 aromatic carbocycles. The number of nitrogens with two attached hydrogens (primary N) is 1. The van der Waals surface area contributed by atoms with Crippen molar-refractivity contribution in [3.63, 3.8) is 0 Å². The second-order valence-electron chi connectivity index (χ2n) is 7.28. The zero-order valence-electron chi connectivity index (χ0n) is 19.7. The van der Waals surface area contributed by atoms with Gasteiger partial charge in [0.2, 0.25) is 0 Å². The molecule has 0 spiro atoms. The van der Waals surface area contributed by atoms with Gasteiger partial charge in [0.15, 0.2) is 0 Å². The average molecular weight is 497 g/mol. The number of carbonyl (C=O) groups is 3. The molecule has 1 unspecified atom stereocenters. The fourth-order valence-corrected chi connectivity index (χ4v) is 2.78. The van der Waals surface area contributed by atoms with Crippen LogP contribution in [0.5, 0.6) is 0 Å². The van der Waals surface area contributed by atoms with Crippen molar-refractivity contribution in [2.45, 2.75) is 25.3 Å². The maximum atomic E-state index is 11.0. The molecule has 3 rings (SSSR count). The van der Waals surface area contributed by atoms with Crippen molar-refractivity contribution in [1.82, 2.24) is 0 Å². The monoisotopic (exact) mass is 496 g/mol. The van der Waals surface area contributed by atoms with E-state index in [9.17, 15) is 14.4 Å². The van der Waals surface area contributed by atoms with Crippen LogP contribution >= 0.6 is 0 Å². The third-order valence-corrected chi connectivity index (χ3v) is 4.41. The highest BCUT2D eigenvalue weighted by Crippen LogP contribution is 2.11. The van der Waals surface area contributed by atoms with Gasteiger partial charge >= 0.3 is 18.2 Å². The highest BCUT2D eigenvalue weighted by Gasteiger charge is 2.15. The quantitative estimate of drug-likeness (QED) is 0.197. The van der Waals surface area contributed by atoms with E-state index in [4.69, 9.17) is 21.1 Å². The lowest BCUT2D eigenvalue weighted by Crippen LogP contribution is -2.29. The van der Waals surface area contributed by atoms with Crippen molar-refractivity contribution in [3.8, 4) is 0 Å². The Balaban J connectivity index is 0.000000282. The molecule has 0 heterocycles. The molecule has 0 aromatic heterocycles. The van der Waals surface area contributed by atoms with E-state index in [2.05, 4.69) is 16.0 Å². The highest BCUT2D eigenvalue weighted by atomic mass is 16.4. The summed E-state index contributed by atoms with van der Waals surface area (Å²) in [6, 6.07) is 26.3. The summed E-state index contributed by atoms with van der Waals surface area (Å²) in [6.45, 7) is 0.609. The lowest BCUT2D eigenvalue weighted by Gasteiger charge is -2.15. The molecule has 0 aliphatic carbocycles. The van der Waals surface area contributed by atoms with E-state index in [-0.39, 0.29) is 0 Å². The van der Waals surface area contributed by atoms with Crippen LogP contribution in [0.1, 0.15) is 19.3 Å². The maximum absolute atomic E-state index is 11.0. The summed E-state index contributed by atoms with van der Waals surface area (Å²) in [7, 11) is 0. The molecule has 3 aromatic rings. The minimum absolute atomic E-state index is 0.533. The molecule has 8 N–H and O–H groups in total. The predicted molar refractivity (Wildman–Crippen MR) is 141 cm³/mol. The van der Waals surface area contributed by atoms with Crippen LogP contribution in [0.4, 0.5) is 26.7 Å². The van der Waals surface area contributed by atoms with E-state index in [1.54, 1.807) is 48.5 Å². The summed E-state index contributed by atoms with van der Waals surface area (Å²) in [5, 5.41) is 33.0. The molecule has 0 fully saturated rings. The molecule has 0 saturated carbocycles. The van der Waals surface area contributed by atoms with E-state index in [0.29, 0.717) is 24.3 Å². The average Bonchev–Trinajstić information content (AvgIpc) is 2.85. The molecule has 0 radical (unpaired) electrons. The van der Waals surface area contributed by atoms with Crippen molar-refractivity contribution in [2.75, 3.05) is 22.5 Å². The molecule has 0 aliphatic rings. The fourth-order valence-electron chi connectivity index (χ4n) is 2.78. The molecule has 36 heavy (non-hydrogen) atoms. The first-order chi connectivity index (χ1) is 17.3. The lowest BCUT2D eigenvalue weighted by atomic mass is 10.1. The Morgan fingerprint density at radius 1 is 0.639 bits per heavy atom. The second kappa shape index (κ2) is 17.8. The van der Waals surface area contributed by atoms with Gasteiger partial charge in [0.25, 0.3) is 0 Å². The molecular formula is C26H32N4O6. The van der Waals surface area contributed by atoms with Crippen LogP contribution in [0.25, 0.3) is 0 Å². The van der Waals surface area contributed by atoms with E-state index >= 15 is 0 Å². The predicted octanol–water partition coefficient (Wildman–Crippen LogP) is 5.23. The number of amides is 2. The minimum atomic E-state index is -1.04. The largest absolute Gasteiger partial charge is 0.480 e. The fraction of sp³-hybridized carbons (Fsp3) is 0.192. The lowest BCUT2D eigenvalue weighted by molar-refractivity contribution is -0.138. The zero-order chi connectivity index (χ0) is 26.6. The molecule has 0 bridgehead atoms. The second-order valence-corrected chi connectivity index (χ2v) is 7.28. The van der Waals surface area contributed by atoms with Gasteiger partial charge in [-0.25, -0.2) is 14.4 Å². The van der Waals surface area contributed by atoms with Crippen LogP contribution in [-0.2, 0) is 4.79 Å². The Morgan fingerprint density at radius 2 is 1.03 bits per heavy atom. The van der Waals surface area contributed by atoms with Crippen molar-refractivity contribution >= 4 is 35.2 Å². The van der Waals surface area contributed by atoms with E-state index in [1.807, 2.05) is 42.5 Å². The number of aliphatic carboxylic acids is 1. The number of rotatable bonds is 9. The smallest absolute Gasteiger partial charge is 0.409 e. The number of para-hydroxylation sites is 3. The topological polar surface area (TPSA) is 174 Å². The summed E-state index contributed by atoms with van der Waals surface area (Å²) < 4.78 is 0. The van der Waals surface area contributed by atoms with Crippen molar-refractivity contribution in [2.24, 2.45) is 5.73 Å². The highest BCUT2D eigenvalue weighted by molar-refractivity contribution is 5.83.